The van der Waals surface area contributed by atoms with Crippen molar-refractivity contribution in [3.63, 3.8) is 0 Å². The van der Waals surface area contributed by atoms with E-state index in [-0.39, 0.29) is 11.7 Å². The molecule has 0 atom stereocenters. The average Bonchev–Trinajstić information content (AvgIpc) is 2.42. The van der Waals surface area contributed by atoms with Crippen LogP contribution in [-0.2, 0) is 11.3 Å². The van der Waals surface area contributed by atoms with E-state index >= 15 is 0 Å². The highest BCUT2D eigenvalue weighted by Crippen LogP contribution is 2.24. The summed E-state index contributed by atoms with van der Waals surface area (Å²) >= 11 is 0. The van der Waals surface area contributed by atoms with Crippen molar-refractivity contribution in [1.29, 1.82) is 0 Å². The molecular formula is C16H22FNO. The number of carbonyl (C=O) groups is 1. The summed E-state index contributed by atoms with van der Waals surface area (Å²) in [6, 6.07) is 6.75. The number of nitrogens with zero attached hydrogens (tertiary/aromatic N) is 1. The number of benzene rings is 1. The van der Waals surface area contributed by atoms with Gasteiger partial charge in [-0.25, -0.2) is 4.39 Å². The number of halogens is 1. The first-order valence-electron chi connectivity index (χ1n) is 7.11. The smallest absolute Gasteiger partial charge is 0.149 e. The Kier molecular flexibility index (Phi) is 5.08. The lowest BCUT2D eigenvalue weighted by Gasteiger charge is -2.23. The lowest BCUT2D eigenvalue weighted by Crippen LogP contribution is -2.31. The van der Waals surface area contributed by atoms with Crippen LogP contribution in [0.5, 0.6) is 0 Å². The number of likely N-dealkylation sites (N-methyl/N-ethyl adjacent to an activating group) is 1. The van der Waals surface area contributed by atoms with E-state index in [1.165, 1.54) is 25.3 Å². The van der Waals surface area contributed by atoms with Gasteiger partial charge in [-0.15, -0.1) is 0 Å². The first-order chi connectivity index (χ1) is 9.16. The fourth-order valence-electron chi connectivity index (χ4n) is 2.79. The largest absolute Gasteiger partial charge is 0.298 e. The molecule has 0 spiro atoms. The summed E-state index contributed by atoms with van der Waals surface area (Å²) in [7, 11) is 1.88. The van der Waals surface area contributed by atoms with Crippen molar-refractivity contribution in [3.05, 3.63) is 35.6 Å². The summed E-state index contributed by atoms with van der Waals surface area (Å²) < 4.78 is 13.5. The van der Waals surface area contributed by atoms with Crippen LogP contribution in [0.4, 0.5) is 4.39 Å². The molecule has 3 heteroatoms. The van der Waals surface area contributed by atoms with Crippen LogP contribution in [0.2, 0.25) is 0 Å². The molecule has 0 bridgehead atoms. The molecule has 104 valence electrons. The first-order valence-corrected chi connectivity index (χ1v) is 7.11. The summed E-state index contributed by atoms with van der Waals surface area (Å²) in [6.07, 6.45) is 5.68. The molecule has 1 aromatic carbocycles. The van der Waals surface area contributed by atoms with Gasteiger partial charge in [-0.1, -0.05) is 37.5 Å². The normalized spacial score (nSPS) is 16.8. The highest BCUT2D eigenvalue weighted by atomic mass is 19.1. The van der Waals surface area contributed by atoms with Crippen LogP contribution >= 0.6 is 0 Å². The van der Waals surface area contributed by atoms with Crippen molar-refractivity contribution in [2.45, 2.75) is 38.6 Å². The Bertz CT molecular complexity index is 427. The van der Waals surface area contributed by atoms with Gasteiger partial charge in [0.2, 0.25) is 0 Å². The lowest BCUT2D eigenvalue weighted by atomic mass is 9.86. The molecule has 1 aromatic rings. The maximum atomic E-state index is 13.5. The van der Waals surface area contributed by atoms with Crippen LogP contribution < -0.4 is 0 Å². The Morgan fingerprint density at radius 3 is 2.63 bits per heavy atom. The molecule has 0 saturated heterocycles. The molecule has 0 aliphatic heterocycles. The summed E-state index contributed by atoms with van der Waals surface area (Å²) in [5, 5.41) is 0. The highest BCUT2D eigenvalue weighted by Gasteiger charge is 2.22. The van der Waals surface area contributed by atoms with Crippen molar-refractivity contribution < 1.29 is 9.18 Å². The molecule has 19 heavy (non-hydrogen) atoms. The van der Waals surface area contributed by atoms with Gasteiger partial charge in [-0.2, -0.15) is 0 Å². The van der Waals surface area contributed by atoms with Crippen LogP contribution in [0.3, 0.4) is 0 Å². The van der Waals surface area contributed by atoms with Crippen molar-refractivity contribution in [2.24, 2.45) is 5.92 Å². The fourth-order valence-corrected chi connectivity index (χ4v) is 2.79. The van der Waals surface area contributed by atoms with Crippen LogP contribution in [0.25, 0.3) is 0 Å². The van der Waals surface area contributed by atoms with Crippen LogP contribution in [0.15, 0.2) is 24.3 Å². The van der Waals surface area contributed by atoms with Gasteiger partial charge in [-0.3, -0.25) is 9.69 Å². The number of rotatable bonds is 5. The zero-order chi connectivity index (χ0) is 13.7. The first kappa shape index (κ1) is 14.2. The Morgan fingerprint density at radius 2 is 1.95 bits per heavy atom. The quantitative estimate of drug-likeness (QED) is 0.811. The highest BCUT2D eigenvalue weighted by molar-refractivity contribution is 5.83. The van der Waals surface area contributed by atoms with Gasteiger partial charge in [0.1, 0.15) is 11.6 Å². The van der Waals surface area contributed by atoms with E-state index in [0.29, 0.717) is 24.4 Å². The minimum absolute atomic E-state index is 0.195. The van der Waals surface area contributed by atoms with Crippen molar-refractivity contribution in [1.82, 2.24) is 4.90 Å². The molecule has 2 nitrogen and oxygen atoms in total. The number of ketones is 1. The van der Waals surface area contributed by atoms with E-state index in [4.69, 9.17) is 0 Å². The third kappa shape index (κ3) is 4.13. The molecule has 0 aromatic heterocycles. The molecule has 1 aliphatic rings. The molecule has 1 aliphatic carbocycles. The van der Waals surface area contributed by atoms with Gasteiger partial charge in [0.25, 0.3) is 0 Å². The Labute approximate surface area is 114 Å². The Balaban J connectivity index is 1.85. The van der Waals surface area contributed by atoms with Gasteiger partial charge >= 0.3 is 0 Å². The molecule has 0 unspecified atom stereocenters. The van der Waals surface area contributed by atoms with Crippen LogP contribution in [0, 0.1) is 11.7 Å². The van der Waals surface area contributed by atoms with E-state index in [9.17, 15) is 9.18 Å². The number of hydrogen-bond acceptors (Lipinski definition) is 2. The summed E-state index contributed by atoms with van der Waals surface area (Å²) in [5.41, 5.74) is 0.654. The minimum atomic E-state index is -0.195. The second-order valence-corrected chi connectivity index (χ2v) is 5.56. The number of carbonyl (C=O) groups excluding carboxylic acids is 1. The second kappa shape index (κ2) is 6.80. The van der Waals surface area contributed by atoms with E-state index in [1.807, 2.05) is 18.0 Å². The zero-order valence-corrected chi connectivity index (χ0v) is 11.6. The van der Waals surface area contributed by atoms with Gasteiger partial charge in [-0.05, 0) is 26.0 Å². The summed E-state index contributed by atoms with van der Waals surface area (Å²) in [6.45, 7) is 0.921. The van der Waals surface area contributed by atoms with Gasteiger partial charge in [0, 0.05) is 18.0 Å². The van der Waals surface area contributed by atoms with Crippen molar-refractivity contribution in [3.8, 4) is 0 Å². The maximum Gasteiger partial charge on any atom is 0.149 e. The molecule has 2 rings (SSSR count). The van der Waals surface area contributed by atoms with Crippen molar-refractivity contribution in [2.75, 3.05) is 13.6 Å². The predicted molar refractivity (Wildman–Crippen MR) is 74.3 cm³/mol. The van der Waals surface area contributed by atoms with E-state index in [1.54, 1.807) is 12.1 Å². The predicted octanol–water partition coefficient (Wildman–Crippen LogP) is 3.41. The summed E-state index contributed by atoms with van der Waals surface area (Å²) in [4.78, 5) is 14.1. The topological polar surface area (TPSA) is 20.3 Å². The second-order valence-electron chi connectivity index (χ2n) is 5.56. The molecule has 1 fully saturated rings. The minimum Gasteiger partial charge on any atom is -0.298 e. The maximum absolute atomic E-state index is 13.5. The Morgan fingerprint density at radius 1 is 1.26 bits per heavy atom. The van der Waals surface area contributed by atoms with E-state index in [2.05, 4.69) is 0 Å². The standard InChI is InChI=1S/C16H22FNO/c1-18(11-14-9-5-6-10-15(14)17)12-16(19)13-7-3-2-4-8-13/h5-6,9-10,13H,2-4,7-8,11-12H2,1H3. The molecule has 0 amide bonds. The number of hydrogen-bond donors (Lipinski definition) is 0. The Hall–Kier alpha value is -1.22. The fraction of sp³-hybridized carbons (Fsp3) is 0.562. The van der Waals surface area contributed by atoms with Gasteiger partial charge in [0.15, 0.2) is 0 Å². The number of Topliss-reactive ketones (excluding diaryl/α,β-unsaturated/α-hetero) is 1. The average molecular weight is 263 g/mol. The third-order valence-corrected chi connectivity index (χ3v) is 3.88. The van der Waals surface area contributed by atoms with Crippen LogP contribution in [0.1, 0.15) is 37.7 Å². The molecule has 1 saturated carbocycles. The van der Waals surface area contributed by atoms with Crippen LogP contribution in [-0.4, -0.2) is 24.3 Å². The molecule has 0 radical (unpaired) electrons. The van der Waals surface area contributed by atoms with Crippen molar-refractivity contribution >= 4 is 5.78 Å². The monoisotopic (exact) mass is 263 g/mol. The van der Waals surface area contributed by atoms with Gasteiger partial charge < -0.3 is 0 Å². The van der Waals surface area contributed by atoms with E-state index < -0.39 is 0 Å². The third-order valence-electron chi connectivity index (χ3n) is 3.88. The zero-order valence-electron chi connectivity index (χ0n) is 11.6. The van der Waals surface area contributed by atoms with Gasteiger partial charge in [0.05, 0.1) is 6.54 Å². The summed E-state index contributed by atoms with van der Waals surface area (Å²) in [5.74, 6) is 0.356. The molecule has 0 heterocycles. The molecular weight excluding hydrogens is 241 g/mol. The lowest BCUT2D eigenvalue weighted by molar-refractivity contribution is -0.124. The van der Waals surface area contributed by atoms with E-state index in [0.717, 1.165) is 12.8 Å². The SMILES string of the molecule is CN(CC(=O)C1CCCCC1)Cc1ccccc1F. The molecule has 0 N–H and O–H groups in total.